The van der Waals surface area contributed by atoms with Gasteiger partial charge in [-0.2, -0.15) is 0 Å². The molecule has 28 heavy (non-hydrogen) atoms. The molecule has 0 heterocycles. The summed E-state index contributed by atoms with van der Waals surface area (Å²) in [4.78, 5) is 36.3. The Morgan fingerprint density at radius 2 is 1.64 bits per heavy atom. The topological polar surface area (TPSA) is 105 Å². The lowest BCUT2D eigenvalue weighted by Gasteiger charge is -2.27. The molecule has 0 saturated heterocycles. The van der Waals surface area contributed by atoms with Crippen LogP contribution in [0.15, 0.2) is 30.3 Å². The molecular formula is C21H32N2O5. The van der Waals surface area contributed by atoms with Crippen molar-refractivity contribution in [2.24, 2.45) is 11.3 Å². The van der Waals surface area contributed by atoms with Gasteiger partial charge in [-0.1, -0.05) is 65.0 Å². The van der Waals surface area contributed by atoms with Crippen molar-refractivity contribution in [3.05, 3.63) is 35.9 Å². The summed E-state index contributed by atoms with van der Waals surface area (Å²) in [6, 6.07) is 7.31. The molecule has 7 nitrogen and oxygen atoms in total. The van der Waals surface area contributed by atoms with E-state index in [1.165, 1.54) is 0 Å². The molecule has 0 aliphatic rings. The van der Waals surface area contributed by atoms with E-state index in [-0.39, 0.29) is 17.9 Å². The second-order valence-corrected chi connectivity index (χ2v) is 8.55. The largest absolute Gasteiger partial charge is 0.480 e. The predicted molar refractivity (Wildman–Crippen MR) is 107 cm³/mol. The molecule has 1 aromatic rings. The first kappa shape index (κ1) is 23.5. The molecule has 0 unspecified atom stereocenters. The molecule has 0 radical (unpaired) electrons. The zero-order valence-electron chi connectivity index (χ0n) is 17.3. The van der Waals surface area contributed by atoms with Crippen LogP contribution in [0.2, 0.25) is 0 Å². The molecule has 0 fully saturated rings. The fraction of sp³-hybridized carbons (Fsp3) is 0.571. The van der Waals surface area contributed by atoms with Crippen LogP contribution < -0.4 is 10.6 Å². The molecule has 7 heteroatoms. The van der Waals surface area contributed by atoms with Gasteiger partial charge in [0, 0.05) is 0 Å². The molecule has 2 atom stereocenters. The molecule has 3 N–H and O–H groups in total. The molecule has 0 saturated carbocycles. The Balaban J connectivity index is 2.76. The van der Waals surface area contributed by atoms with E-state index in [1.54, 1.807) is 0 Å². The molecule has 0 aliphatic heterocycles. The van der Waals surface area contributed by atoms with Crippen molar-refractivity contribution < 1.29 is 24.2 Å². The van der Waals surface area contributed by atoms with Crippen molar-refractivity contribution in [1.29, 1.82) is 0 Å². The van der Waals surface area contributed by atoms with Crippen LogP contribution in [0, 0.1) is 11.3 Å². The smallest absolute Gasteiger partial charge is 0.408 e. The SMILES string of the molecule is CC(C)C[C@H](NC(=O)[C@@H](CC(C)(C)C)NC(=O)OCc1ccccc1)C(=O)O. The fourth-order valence-corrected chi connectivity index (χ4v) is 2.69. The van der Waals surface area contributed by atoms with Crippen molar-refractivity contribution in [1.82, 2.24) is 10.6 Å². The van der Waals surface area contributed by atoms with E-state index >= 15 is 0 Å². The van der Waals surface area contributed by atoms with Gasteiger partial charge >= 0.3 is 12.1 Å². The fourth-order valence-electron chi connectivity index (χ4n) is 2.69. The van der Waals surface area contributed by atoms with Gasteiger partial charge in [-0.25, -0.2) is 9.59 Å². The minimum atomic E-state index is -1.09. The van der Waals surface area contributed by atoms with Crippen molar-refractivity contribution in [3.8, 4) is 0 Å². The summed E-state index contributed by atoms with van der Waals surface area (Å²) in [6.07, 6.45) is -0.0707. The quantitative estimate of drug-likeness (QED) is 0.598. The Bertz CT molecular complexity index is 653. The number of aliphatic carboxylic acids is 1. The average molecular weight is 392 g/mol. The van der Waals surface area contributed by atoms with Crippen LogP contribution in [-0.2, 0) is 20.9 Å². The van der Waals surface area contributed by atoms with E-state index < -0.39 is 30.1 Å². The maximum absolute atomic E-state index is 12.7. The van der Waals surface area contributed by atoms with E-state index in [1.807, 2.05) is 65.0 Å². The second-order valence-electron chi connectivity index (χ2n) is 8.55. The standard InChI is InChI=1S/C21H32N2O5/c1-14(2)11-16(19(25)26)22-18(24)17(12-21(3,4)5)23-20(27)28-13-15-9-7-6-8-10-15/h6-10,14,16-17H,11-13H2,1-5H3,(H,22,24)(H,23,27)(H,25,26)/t16-,17+/m0/s1. The summed E-state index contributed by atoms with van der Waals surface area (Å²) < 4.78 is 5.19. The number of carbonyl (C=O) groups excluding carboxylic acids is 2. The Hall–Kier alpha value is -2.57. The molecule has 0 aromatic heterocycles. The van der Waals surface area contributed by atoms with Crippen molar-refractivity contribution in [3.63, 3.8) is 0 Å². The third-order valence-corrected chi connectivity index (χ3v) is 3.96. The molecule has 2 amide bonds. The summed E-state index contributed by atoms with van der Waals surface area (Å²) in [5, 5.41) is 14.5. The van der Waals surface area contributed by atoms with Crippen LogP contribution in [0.3, 0.4) is 0 Å². The minimum Gasteiger partial charge on any atom is -0.480 e. The van der Waals surface area contributed by atoms with Gasteiger partial charge in [-0.3, -0.25) is 4.79 Å². The lowest BCUT2D eigenvalue weighted by atomic mass is 9.87. The van der Waals surface area contributed by atoms with Gasteiger partial charge in [0.2, 0.25) is 5.91 Å². The van der Waals surface area contributed by atoms with E-state index in [0.29, 0.717) is 12.8 Å². The van der Waals surface area contributed by atoms with Crippen LogP contribution in [0.25, 0.3) is 0 Å². The first-order valence-corrected chi connectivity index (χ1v) is 9.48. The summed E-state index contributed by atoms with van der Waals surface area (Å²) in [6.45, 7) is 9.66. The van der Waals surface area contributed by atoms with E-state index in [4.69, 9.17) is 4.74 Å². The lowest BCUT2D eigenvalue weighted by Crippen LogP contribution is -2.53. The predicted octanol–water partition coefficient (Wildman–Crippen LogP) is 3.33. The Kier molecular flexibility index (Phi) is 8.96. The summed E-state index contributed by atoms with van der Waals surface area (Å²) >= 11 is 0. The number of hydrogen-bond acceptors (Lipinski definition) is 4. The zero-order chi connectivity index (χ0) is 21.3. The number of carbonyl (C=O) groups is 3. The molecule has 0 bridgehead atoms. The van der Waals surface area contributed by atoms with Gasteiger partial charge in [0.25, 0.3) is 0 Å². The van der Waals surface area contributed by atoms with Crippen LogP contribution >= 0.6 is 0 Å². The number of ether oxygens (including phenoxy) is 1. The maximum Gasteiger partial charge on any atom is 0.408 e. The highest BCUT2D eigenvalue weighted by Crippen LogP contribution is 2.21. The van der Waals surface area contributed by atoms with E-state index in [2.05, 4.69) is 10.6 Å². The summed E-state index contributed by atoms with van der Waals surface area (Å²) in [5.41, 5.74) is 0.572. The number of nitrogens with one attached hydrogen (secondary N) is 2. The number of amides is 2. The van der Waals surface area contributed by atoms with E-state index in [0.717, 1.165) is 5.56 Å². The number of alkyl carbamates (subject to hydrolysis) is 1. The van der Waals surface area contributed by atoms with Gasteiger partial charge in [0.15, 0.2) is 0 Å². The van der Waals surface area contributed by atoms with Gasteiger partial charge in [-0.05, 0) is 29.7 Å². The first-order valence-electron chi connectivity index (χ1n) is 9.48. The third-order valence-electron chi connectivity index (χ3n) is 3.96. The number of benzene rings is 1. The third kappa shape index (κ3) is 9.39. The monoisotopic (exact) mass is 392 g/mol. The van der Waals surface area contributed by atoms with Gasteiger partial charge in [0.05, 0.1) is 0 Å². The summed E-state index contributed by atoms with van der Waals surface area (Å²) in [7, 11) is 0. The zero-order valence-corrected chi connectivity index (χ0v) is 17.3. The number of carboxylic acids is 1. The average Bonchev–Trinajstić information content (AvgIpc) is 2.58. The van der Waals surface area contributed by atoms with Gasteiger partial charge in [-0.15, -0.1) is 0 Å². The Morgan fingerprint density at radius 1 is 1.04 bits per heavy atom. The molecule has 156 valence electrons. The van der Waals surface area contributed by atoms with Crippen molar-refractivity contribution >= 4 is 18.0 Å². The highest BCUT2D eigenvalue weighted by Gasteiger charge is 2.30. The van der Waals surface area contributed by atoms with Gasteiger partial charge < -0.3 is 20.5 Å². The van der Waals surface area contributed by atoms with Crippen molar-refractivity contribution in [2.75, 3.05) is 0 Å². The van der Waals surface area contributed by atoms with Crippen LogP contribution in [0.1, 0.15) is 53.0 Å². The number of carboxylic acid groups (broad SMARTS) is 1. The Morgan fingerprint density at radius 3 is 2.14 bits per heavy atom. The second kappa shape index (κ2) is 10.7. The number of rotatable bonds is 9. The Labute approximate surface area is 166 Å². The van der Waals surface area contributed by atoms with Gasteiger partial charge in [0.1, 0.15) is 18.7 Å². The maximum atomic E-state index is 12.7. The van der Waals surface area contributed by atoms with Crippen LogP contribution in [0.4, 0.5) is 4.79 Å². The lowest BCUT2D eigenvalue weighted by molar-refractivity contribution is -0.142. The minimum absolute atomic E-state index is 0.0850. The number of hydrogen-bond donors (Lipinski definition) is 3. The molecule has 0 aliphatic carbocycles. The van der Waals surface area contributed by atoms with E-state index in [9.17, 15) is 19.5 Å². The highest BCUT2D eigenvalue weighted by atomic mass is 16.5. The van der Waals surface area contributed by atoms with Crippen LogP contribution in [0.5, 0.6) is 0 Å². The molecule has 1 aromatic carbocycles. The normalized spacial score (nSPS) is 13.5. The van der Waals surface area contributed by atoms with Crippen molar-refractivity contribution in [2.45, 2.75) is 66.2 Å². The molecule has 1 rings (SSSR count). The highest BCUT2D eigenvalue weighted by molar-refractivity contribution is 5.89. The molecular weight excluding hydrogens is 360 g/mol. The first-order chi connectivity index (χ1) is 13.0. The summed E-state index contributed by atoms with van der Waals surface area (Å²) in [5.74, 6) is -1.52. The van der Waals surface area contributed by atoms with Crippen LogP contribution in [-0.4, -0.2) is 35.2 Å². The molecule has 0 spiro atoms.